The normalized spacial score (nSPS) is 23.5. The zero-order chi connectivity index (χ0) is 22.6. The number of hydrogen-bond donors (Lipinski definition) is 3. The highest BCUT2D eigenvalue weighted by molar-refractivity contribution is 6.33. The number of amides is 1. The van der Waals surface area contributed by atoms with Crippen LogP contribution in [0.25, 0.3) is 0 Å². The molecule has 6 heteroatoms. The van der Waals surface area contributed by atoms with Gasteiger partial charge in [-0.05, 0) is 55.2 Å². The molecule has 5 nitrogen and oxygen atoms in total. The first-order chi connectivity index (χ1) is 14.6. The van der Waals surface area contributed by atoms with Crippen LogP contribution in [0.4, 0.5) is 5.69 Å². The van der Waals surface area contributed by atoms with Gasteiger partial charge in [0.25, 0.3) is 0 Å². The molecule has 2 aliphatic rings. The Hall–Kier alpha value is -1.14. The van der Waals surface area contributed by atoms with Gasteiger partial charge < -0.3 is 15.5 Å². The van der Waals surface area contributed by atoms with Crippen LogP contribution in [0.1, 0.15) is 65.4 Å². The van der Waals surface area contributed by atoms with Crippen molar-refractivity contribution in [3.63, 3.8) is 0 Å². The largest absolute Gasteiger partial charge is 0.324 e. The van der Waals surface area contributed by atoms with Crippen molar-refractivity contribution in [1.82, 2.24) is 10.8 Å². The molecule has 1 aromatic rings. The minimum absolute atomic E-state index is 0.0206. The molecule has 31 heavy (non-hydrogen) atoms. The van der Waals surface area contributed by atoms with Crippen LogP contribution < -0.4 is 16.1 Å². The van der Waals surface area contributed by atoms with E-state index in [9.17, 15) is 4.79 Å². The van der Waals surface area contributed by atoms with E-state index in [4.69, 9.17) is 16.4 Å². The Balaban J connectivity index is 1.75. The second kappa shape index (κ2) is 10.2. The van der Waals surface area contributed by atoms with Crippen molar-refractivity contribution in [1.29, 1.82) is 0 Å². The molecule has 0 bridgehead atoms. The average molecular weight is 450 g/mol. The molecular weight excluding hydrogens is 410 g/mol. The first-order valence-electron chi connectivity index (χ1n) is 11.8. The van der Waals surface area contributed by atoms with Gasteiger partial charge in [-0.15, -0.1) is 0 Å². The van der Waals surface area contributed by atoms with E-state index < -0.39 is 0 Å². The number of benzene rings is 1. The summed E-state index contributed by atoms with van der Waals surface area (Å²) in [5.74, 6) is 0.833. The van der Waals surface area contributed by atoms with Crippen molar-refractivity contribution in [2.24, 2.45) is 23.2 Å². The van der Waals surface area contributed by atoms with Gasteiger partial charge in [-0.3, -0.25) is 4.79 Å². The maximum atomic E-state index is 13.3. The molecule has 174 valence electrons. The number of hydrogen-bond acceptors (Lipinski definition) is 4. The average Bonchev–Trinajstić information content (AvgIpc) is 3.38. The van der Waals surface area contributed by atoms with Crippen LogP contribution >= 0.6 is 11.6 Å². The first-order valence-corrected chi connectivity index (χ1v) is 12.2. The standard InChI is InChI=1S/C25H40ClN3O2/c1-6-25(16-24(3,4)5,29-31-12-11-18-8-9-18)20-15-27-14-19(20)23(30)28-22-10-7-17(2)13-21(22)26/h7,10,13,18-20,27,29H,6,8-9,11-12,14-16H2,1-5H3,(H,28,30)/t19-,20-,25?/m0/s1. The Morgan fingerprint density at radius 2 is 2.00 bits per heavy atom. The van der Waals surface area contributed by atoms with Gasteiger partial charge in [0.15, 0.2) is 0 Å². The van der Waals surface area contributed by atoms with E-state index in [2.05, 4.69) is 43.8 Å². The first kappa shape index (κ1) is 24.5. The molecule has 3 N–H and O–H groups in total. The Kier molecular flexibility index (Phi) is 8.06. The zero-order valence-electron chi connectivity index (χ0n) is 19.8. The van der Waals surface area contributed by atoms with E-state index in [-0.39, 0.29) is 28.7 Å². The van der Waals surface area contributed by atoms with E-state index in [1.165, 1.54) is 12.8 Å². The second-order valence-electron chi connectivity index (χ2n) is 10.8. The third-order valence-corrected chi connectivity index (χ3v) is 7.03. The Morgan fingerprint density at radius 3 is 2.61 bits per heavy atom. The topological polar surface area (TPSA) is 62.4 Å². The van der Waals surface area contributed by atoms with E-state index >= 15 is 0 Å². The van der Waals surface area contributed by atoms with Gasteiger partial charge in [0.05, 0.1) is 23.2 Å². The van der Waals surface area contributed by atoms with Crippen LogP contribution in [0.5, 0.6) is 0 Å². The number of nitrogens with one attached hydrogen (secondary N) is 3. The molecular formula is C25H40ClN3O2. The predicted octanol–water partition coefficient (Wildman–Crippen LogP) is 5.33. The van der Waals surface area contributed by atoms with E-state index in [0.29, 0.717) is 17.3 Å². The third-order valence-electron chi connectivity index (χ3n) is 6.72. The van der Waals surface area contributed by atoms with Crippen molar-refractivity contribution < 1.29 is 9.63 Å². The van der Waals surface area contributed by atoms with Gasteiger partial charge >= 0.3 is 0 Å². The molecule has 3 atom stereocenters. The molecule has 0 spiro atoms. The molecule has 2 fully saturated rings. The summed E-state index contributed by atoms with van der Waals surface area (Å²) in [5.41, 5.74) is 5.07. The highest BCUT2D eigenvalue weighted by Crippen LogP contribution is 2.41. The van der Waals surface area contributed by atoms with E-state index in [0.717, 1.165) is 43.9 Å². The molecule has 1 saturated heterocycles. The van der Waals surface area contributed by atoms with Gasteiger partial charge in [0.2, 0.25) is 5.91 Å². The number of hydroxylamine groups is 1. The van der Waals surface area contributed by atoms with Gasteiger partial charge in [-0.1, -0.05) is 58.2 Å². The third kappa shape index (κ3) is 6.67. The molecule has 1 aromatic carbocycles. The number of rotatable bonds is 10. The van der Waals surface area contributed by atoms with Crippen LogP contribution in [-0.4, -0.2) is 31.1 Å². The van der Waals surface area contributed by atoms with Gasteiger partial charge in [0, 0.05) is 24.5 Å². The number of carbonyl (C=O) groups is 1. The van der Waals surface area contributed by atoms with Gasteiger partial charge in [-0.2, -0.15) is 5.48 Å². The smallest absolute Gasteiger partial charge is 0.229 e. The summed E-state index contributed by atoms with van der Waals surface area (Å²) in [4.78, 5) is 19.4. The second-order valence-corrected chi connectivity index (χ2v) is 11.2. The molecule has 1 aliphatic heterocycles. The van der Waals surface area contributed by atoms with Crippen molar-refractivity contribution >= 4 is 23.2 Å². The van der Waals surface area contributed by atoms with Crippen LogP contribution in [0.3, 0.4) is 0 Å². The van der Waals surface area contributed by atoms with Gasteiger partial charge in [0.1, 0.15) is 0 Å². The Morgan fingerprint density at radius 1 is 1.26 bits per heavy atom. The van der Waals surface area contributed by atoms with Crippen LogP contribution in [0, 0.1) is 30.1 Å². The number of aryl methyl sites for hydroxylation is 1. The SMILES string of the molecule is CCC(CC(C)(C)C)(NOCCC1CC1)[C@H]1CNC[C@@H]1C(=O)Nc1ccc(C)cc1Cl. The maximum absolute atomic E-state index is 13.3. The summed E-state index contributed by atoms with van der Waals surface area (Å²) < 4.78 is 0. The summed E-state index contributed by atoms with van der Waals surface area (Å²) in [5, 5.41) is 7.12. The summed E-state index contributed by atoms with van der Waals surface area (Å²) in [6.07, 6.45) is 5.61. The lowest BCUT2D eigenvalue weighted by Crippen LogP contribution is -2.56. The van der Waals surface area contributed by atoms with Crippen LogP contribution in [-0.2, 0) is 9.63 Å². The lowest BCUT2D eigenvalue weighted by Gasteiger charge is -2.44. The van der Waals surface area contributed by atoms with Crippen molar-refractivity contribution in [2.45, 2.75) is 72.3 Å². The molecule has 1 amide bonds. The monoisotopic (exact) mass is 449 g/mol. The van der Waals surface area contributed by atoms with Crippen molar-refractivity contribution in [2.75, 3.05) is 25.0 Å². The van der Waals surface area contributed by atoms with Crippen LogP contribution in [0.15, 0.2) is 18.2 Å². The number of anilines is 1. The molecule has 0 radical (unpaired) electrons. The van der Waals surface area contributed by atoms with E-state index in [1.807, 2.05) is 25.1 Å². The fourth-order valence-electron chi connectivity index (χ4n) is 4.96. The summed E-state index contributed by atoms with van der Waals surface area (Å²) in [6, 6.07) is 5.73. The van der Waals surface area contributed by atoms with Crippen molar-refractivity contribution in [3.8, 4) is 0 Å². The predicted molar refractivity (Wildman–Crippen MR) is 128 cm³/mol. The molecule has 1 aliphatic carbocycles. The van der Waals surface area contributed by atoms with Crippen LogP contribution in [0.2, 0.25) is 5.02 Å². The summed E-state index contributed by atoms with van der Waals surface area (Å²) >= 11 is 6.37. The van der Waals surface area contributed by atoms with E-state index in [1.54, 1.807) is 0 Å². The maximum Gasteiger partial charge on any atom is 0.229 e. The minimum Gasteiger partial charge on any atom is -0.324 e. The zero-order valence-corrected chi connectivity index (χ0v) is 20.6. The minimum atomic E-state index is -0.273. The molecule has 1 unspecified atom stereocenters. The molecule has 1 saturated carbocycles. The molecule has 1 heterocycles. The fourth-order valence-corrected chi connectivity index (χ4v) is 5.24. The lowest BCUT2D eigenvalue weighted by molar-refractivity contribution is -0.124. The Bertz CT molecular complexity index is 760. The number of halogens is 1. The summed E-state index contributed by atoms with van der Waals surface area (Å²) in [6.45, 7) is 13.1. The summed E-state index contributed by atoms with van der Waals surface area (Å²) in [7, 11) is 0. The highest BCUT2D eigenvalue weighted by Gasteiger charge is 2.48. The Labute approximate surface area is 193 Å². The molecule has 0 aromatic heterocycles. The number of carbonyl (C=O) groups excluding carboxylic acids is 1. The fraction of sp³-hybridized carbons (Fsp3) is 0.720. The van der Waals surface area contributed by atoms with Crippen molar-refractivity contribution in [3.05, 3.63) is 28.8 Å². The highest BCUT2D eigenvalue weighted by atomic mass is 35.5. The quantitative estimate of drug-likeness (QED) is 0.333. The molecule has 3 rings (SSSR count). The van der Waals surface area contributed by atoms with Gasteiger partial charge in [-0.25, -0.2) is 0 Å². The lowest BCUT2D eigenvalue weighted by atomic mass is 9.68.